The summed E-state index contributed by atoms with van der Waals surface area (Å²) in [6, 6.07) is 16.0. The Bertz CT molecular complexity index is 1110. The number of rotatable bonds is 4. The molecule has 1 aromatic heterocycles. The van der Waals surface area contributed by atoms with Crippen molar-refractivity contribution in [3.8, 4) is 0 Å². The second-order valence-corrected chi connectivity index (χ2v) is 8.68. The molecule has 30 heavy (non-hydrogen) atoms. The third-order valence-electron chi connectivity index (χ3n) is 5.85. The Kier molecular flexibility index (Phi) is 5.64. The molecule has 0 saturated carbocycles. The first kappa shape index (κ1) is 20.9. The first-order valence-electron chi connectivity index (χ1n) is 9.82. The molecule has 0 radical (unpaired) electrons. The lowest BCUT2D eigenvalue weighted by atomic mass is 9.78. The zero-order chi connectivity index (χ0) is 21.5. The molecule has 1 aliphatic heterocycles. The number of esters is 1. The molecule has 0 fully saturated rings. The van der Waals surface area contributed by atoms with E-state index in [0.717, 1.165) is 26.5 Å². The molecule has 0 spiro atoms. The van der Waals surface area contributed by atoms with E-state index in [1.807, 2.05) is 48.5 Å². The third-order valence-corrected chi connectivity index (χ3v) is 6.60. The highest BCUT2D eigenvalue weighted by molar-refractivity contribution is 9.10. The molecule has 0 saturated heterocycles. The van der Waals surface area contributed by atoms with Crippen LogP contribution in [0.2, 0.25) is 0 Å². The first-order valence-corrected chi connectivity index (χ1v) is 11.1. The molecule has 5 nitrogen and oxygen atoms in total. The van der Waals surface area contributed by atoms with Gasteiger partial charge in [0.05, 0.1) is 12.3 Å². The zero-order valence-electron chi connectivity index (χ0n) is 16.7. The molecule has 4 rings (SSSR count). The van der Waals surface area contributed by atoms with E-state index in [1.165, 1.54) is 0 Å². The van der Waals surface area contributed by atoms with Gasteiger partial charge in [-0.15, -0.1) is 11.6 Å². The fourth-order valence-corrected chi connectivity index (χ4v) is 4.78. The van der Waals surface area contributed by atoms with Crippen LogP contribution in [0.25, 0.3) is 10.9 Å². The number of hydrogen-bond donors (Lipinski definition) is 1. The van der Waals surface area contributed by atoms with Crippen molar-refractivity contribution >= 4 is 50.3 Å². The number of H-pyrrole nitrogens is 1. The summed E-state index contributed by atoms with van der Waals surface area (Å²) in [5.41, 5.74) is 2.38. The van der Waals surface area contributed by atoms with Crippen LogP contribution in [0.4, 0.5) is 0 Å². The summed E-state index contributed by atoms with van der Waals surface area (Å²) in [5, 5.41) is 1.04. The van der Waals surface area contributed by atoms with Crippen molar-refractivity contribution in [3.63, 3.8) is 0 Å². The second kappa shape index (κ2) is 8.08. The summed E-state index contributed by atoms with van der Waals surface area (Å²) in [6.45, 7) is 4.05. The van der Waals surface area contributed by atoms with E-state index < -0.39 is 11.5 Å². The highest BCUT2D eigenvalue weighted by Crippen LogP contribution is 2.46. The van der Waals surface area contributed by atoms with E-state index in [-0.39, 0.29) is 24.3 Å². The minimum Gasteiger partial charge on any atom is -0.464 e. The van der Waals surface area contributed by atoms with Crippen LogP contribution in [0.1, 0.15) is 36.6 Å². The number of carbonyl (C=O) groups excluding carboxylic acids is 2. The number of nitrogens with zero attached hydrogens (tertiary/aromatic N) is 1. The fourth-order valence-electron chi connectivity index (χ4n) is 4.38. The molecule has 3 aromatic rings. The number of hydrogen-bond acceptors (Lipinski definition) is 3. The van der Waals surface area contributed by atoms with Crippen LogP contribution in [0.15, 0.2) is 53.0 Å². The molecule has 1 amide bonds. The Balaban J connectivity index is 2.01. The van der Waals surface area contributed by atoms with Gasteiger partial charge in [0.1, 0.15) is 5.88 Å². The molecule has 2 aromatic carbocycles. The lowest BCUT2D eigenvalue weighted by Gasteiger charge is -2.45. The maximum Gasteiger partial charge on any atom is 0.338 e. The van der Waals surface area contributed by atoms with Gasteiger partial charge in [-0.3, -0.25) is 4.79 Å². The maximum atomic E-state index is 13.2. The maximum absolute atomic E-state index is 13.2. The van der Waals surface area contributed by atoms with Gasteiger partial charge >= 0.3 is 5.97 Å². The van der Waals surface area contributed by atoms with Crippen LogP contribution in [0, 0.1) is 0 Å². The highest BCUT2D eigenvalue weighted by atomic mass is 79.9. The predicted octanol–water partition coefficient (Wildman–Crippen LogP) is 4.92. The van der Waals surface area contributed by atoms with Gasteiger partial charge < -0.3 is 14.6 Å². The SMILES string of the molecule is CCOC(=O)C1(C)c2[nH]c3ccccc3c2C(c2ccc(Br)cc2)CN1C(=O)CCl. The smallest absolute Gasteiger partial charge is 0.338 e. The summed E-state index contributed by atoms with van der Waals surface area (Å²) in [4.78, 5) is 31.1. The molecule has 1 N–H and O–H groups in total. The minimum atomic E-state index is -1.29. The van der Waals surface area contributed by atoms with Gasteiger partial charge in [0.15, 0.2) is 5.54 Å². The van der Waals surface area contributed by atoms with Crippen LogP contribution < -0.4 is 0 Å². The first-order chi connectivity index (χ1) is 14.4. The van der Waals surface area contributed by atoms with Gasteiger partial charge in [0.25, 0.3) is 0 Å². The van der Waals surface area contributed by atoms with Crippen molar-refractivity contribution in [3.05, 3.63) is 69.8 Å². The van der Waals surface area contributed by atoms with Crippen molar-refractivity contribution < 1.29 is 14.3 Å². The number of fused-ring (bicyclic) bond motifs is 3. The Labute approximate surface area is 188 Å². The Morgan fingerprint density at radius 1 is 1.23 bits per heavy atom. The molecule has 7 heteroatoms. The van der Waals surface area contributed by atoms with Gasteiger partial charge in [-0.25, -0.2) is 4.79 Å². The summed E-state index contributed by atoms with van der Waals surface area (Å²) < 4.78 is 6.39. The normalized spacial score (nSPS) is 20.8. The largest absolute Gasteiger partial charge is 0.464 e. The molecule has 2 unspecified atom stereocenters. The fraction of sp³-hybridized carbons (Fsp3) is 0.304. The molecule has 2 atom stereocenters. The van der Waals surface area contributed by atoms with Crippen LogP contribution in [0.3, 0.4) is 0 Å². The average molecular weight is 490 g/mol. The zero-order valence-corrected chi connectivity index (χ0v) is 19.1. The van der Waals surface area contributed by atoms with Crippen LogP contribution in [0.5, 0.6) is 0 Å². The van der Waals surface area contributed by atoms with Crippen molar-refractivity contribution in [1.82, 2.24) is 9.88 Å². The number of halogens is 2. The Morgan fingerprint density at radius 2 is 1.93 bits per heavy atom. The van der Waals surface area contributed by atoms with Crippen LogP contribution in [-0.2, 0) is 19.9 Å². The van der Waals surface area contributed by atoms with Gasteiger partial charge in [-0.1, -0.05) is 46.3 Å². The number of para-hydroxylation sites is 1. The number of nitrogens with one attached hydrogen (secondary N) is 1. The number of aromatic amines is 1. The topological polar surface area (TPSA) is 62.4 Å². The quantitative estimate of drug-likeness (QED) is 0.418. The minimum absolute atomic E-state index is 0.112. The van der Waals surface area contributed by atoms with Crippen molar-refractivity contribution in [2.75, 3.05) is 19.0 Å². The monoisotopic (exact) mass is 488 g/mol. The Morgan fingerprint density at radius 3 is 2.60 bits per heavy atom. The van der Waals surface area contributed by atoms with E-state index in [4.69, 9.17) is 16.3 Å². The molecule has 2 heterocycles. The number of alkyl halides is 1. The van der Waals surface area contributed by atoms with E-state index in [0.29, 0.717) is 12.2 Å². The van der Waals surface area contributed by atoms with Crippen molar-refractivity contribution in [2.45, 2.75) is 25.3 Å². The number of ether oxygens (including phenoxy) is 1. The summed E-state index contributed by atoms with van der Waals surface area (Å²) >= 11 is 9.44. The molecule has 1 aliphatic rings. The van der Waals surface area contributed by atoms with Gasteiger partial charge in [-0.05, 0) is 43.2 Å². The van der Waals surface area contributed by atoms with Gasteiger partial charge in [0, 0.05) is 27.8 Å². The third kappa shape index (κ3) is 3.22. The summed E-state index contributed by atoms with van der Waals surface area (Å²) in [6.07, 6.45) is 0. The molecular weight excluding hydrogens is 468 g/mol. The molecule has 0 bridgehead atoms. The van der Waals surface area contributed by atoms with Crippen LogP contribution >= 0.6 is 27.5 Å². The second-order valence-electron chi connectivity index (χ2n) is 7.49. The predicted molar refractivity (Wildman–Crippen MR) is 121 cm³/mol. The standard InChI is InChI=1S/C23H22BrClN2O3/c1-3-30-22(29)23(2)21-20(16-6-4-5-7-18(16)26-21)17(13-27(23)19(28)12-25)14-8-10-15(24)11-9-14/h4-11,17,26H,3,12-13H2,1-2H3. The molecular formula is C23H22BrClN2O3. The highest BCUT2D eigenvalue weighted by Gasteiger charge is 2.52. The summed E-state index contributed by atoms with van der Waals surface area (Å²) in [7, 11) is 0. The van der Waals surface area contributed by atoms with E-state index in [1.54, 1.807) is 18.7 Å². The number of amides is 1. The van der Waals surface area contributed by atoms with E-state index in [2.05, 4.69) is 20.9 Å². The van der Waals surface area contributed by atoms with Crippen molar-refractivity contribution in [2.24, 2.45) is 0 Å². The molecule has 156 valence electrons. The van der Waals surface area contributed by atoms with Gasteiger partial charge in [-0.2, -0.15) is 0 Å². The van der Waals surface area contributed by atoms with Crippen LogP contribution in [-0.4, -0.2) is 40.8 Å². The average Bonchev–Trinajstić information content (AvgIpc) is 3.15. The Hall–Kier alpha value is -2.31. The van der Waals surface area contributed by atoms with Crippen molar-refractivity contribution in [1.29, 1.82) is 0 Å². The number of carbonyl (C=O) groups is 2. The van der Waals surface area contributed by atoms with E-state index in [9.17, 15) is 9.59 Å². The summed E-state index contributed by atoms with van der Waals surface area (Å²) in [5.74, 6) is -1.10. The number of benzene rings is 2. The molecule has 0 aliphatic carbocycles. The lowest BCUT2D eigenvalue weighted by molar-refractivity contribution is -0.164. The number of aromatic nitrogens is 1. The lowest BCUT2D eigenvalue weighted by Crippen LogP contribution is -2.58. The van der Waals surface area contributed by atoms with E-state index >= 15 is 0 Å². The van der Waals surface area contributed by atoms with Gasteiger partial charge in [0.2, 0.25) is 5.91 Å².